The van der Waals surface area contributed by atoms with Gasteiger partial charge in [0.05, 0.1) is 6.54 Å². The lowest BCUT2D eigenvalue weighted by molar-refractivity contribution is 0.200. The van der Waals surface area contributed by atoms with Gasteiger partial charge in [-0.05, 0) is 46.4 Å². The second-order valence-electron chi connectivity index (χ2n) is 6.47. The van der Waals surface area contributed by atoms with E-state index in [2.05, 4.69) is 59.2 Å². The van der Waals surface area contributed by atoms with Gasteiger partial charge in [-0.3, -0.25) is 0 Å². The Hall–Kier alpha value is -1.43. The Morgan fingerprint density at radius 2 is 2.00 bits per heavy atom. The van der Waals surface area contributed by atoms with E-state index in [9.17, 15) is 0 Å². The van der Waals surface area contributed by atoms with E-state index in [1.54, 1.807) is 0 Å². The molecule has 2 aromatic rings. The molecule has 5 nitrogen and oxygen atoms in total. The second-order valence-corrected chi connectivity index (χ2v) is 7.39. The third-order valence-electron chi connectivity index (χ3n) is 4.31. The zero-order valence-corrected chi connectivity index (χ0v) is 14.8. The van der Waals surface area contributed by atoms with Crippen LogP contribution in [0.4, 0.5) is 5.69 Å². The van der Waals surface area contributed by atoms with Gasteiger partial charge in [0.2, 0.25) is 0 Å². The van der Waals surface area contributed by atoms with Gasteiger partial charge in [-0.15, -0.1) is 5.10 Å². The van der Waals surface area contributed by atoms with Crippen molar-refractivity contribution >= 4 is 21.6 Å². The summed E-state index contributed by atoms with van der Waals surface area (Å²) in [5, 5.41) is 12.2. The molecule has 0 radical (unpaired) electrons. The fourth-order valence-corrected chi connectivity index (χ4v) is 2.48. The molecule has 1 aromatic heterocycles. The van der Waals surface area contributed by atoms with Crippen LogP contribution in [0.3, 0.4) is 0 Å². The minimum Gasteiger partial charge on any atom is -0.398 e. The monoisotopic (exact) mass is 351 g/mol. The van der Waals surface area contributed by atoms with Crippen LogP contribution in [0, 0.1) is 18.3 Å². The number of halogens is 1. The zero-order chi connectivity index (χ0) is 15.8. The van der Waals surface area contributed by atoms with Crippen LogP contribution in [-0.2, 0) is 6.54 Å². The molecule has 0 saturated heterocycles. The number of nitrogen functional groups attached to an aromatic ring is 1. The lowest BCUT2D eigenvalue weighted by Crippen LogP contribution is -2.26. The Labute approximate surface area is 134 Å². The molecule has 0 fully saturated rings. The molecule has 0 spiro atoms. The maximum absolute atomic E-state index is 6.05. The van der Waals surface area contributed by atoms with Crippen molar-refractivity contribution in [1.82, 2.24) is 20.2 Å². The number of nitrogens with zero attached hydrogens (tertiary/aromatic N) is 4. The van der Waals surface area contributed by atoms with Crippen molar-refractivity contribution in [2.24, 2.45) is 11.3 Å². The number of rotatable bonds is 4. The highest BCUT2D eigenvalue weighted by Crippen LogP contribution is 2.32. The average molecular weight is 352 g/mol. The van der Waals surface area contributed by atoms with Gasteiger partial charge < -0.3 is 5.73 Å². The molecule has 0 unspecified atom stereocenters. The van der Waals surface area contributed by atoms with Gasteiger partial charge in [-0.2, -0.15) is 0 Å². The number of hydrogen-bond acceptors (Lipinski definition) is 4. The molecule has 21 heavy (non-hydrogen) atoms. The molecule has 0 atom stereocenters. The van der Waals surface area contributed by atoms with Crippen molar-refractivity contribution in [2.45, 2.75) is 41.2 Å². The summed E-state index contributed by atoms with van der Waals surface area (Å²) in [6.45, 7) is 11.6. The van der Waals surface area contributed by atoms with E-state index in [1.807, 2.05) is 23.7 Å². The van der Waals surface area contributed by atoms with E-state index < -0.39 is 0 Å². The molecule has 2 rings (SSSR count). The first-order valence-electron chi connectivity index (χ1n) is 7.04. The summed E-state index contributed by atoms with van der Waals surface area (Å²) >= 11 is 3.48. The molecular weight excluding hydrogens is 330 g/mol. The van der Waals surface area contributed by atoms with Crippen molar-refractivity contribution < 1.29 is 0 Å². The van der Waals surface area contributed by atoms with E-state index in [-0.39, 0.29) is 5.41 Å². The third-order valence-corrected chi connectivity index (χ3v) is 4.76. The highest BCUT2D eigenvalue weighted by molar-refractivity contribution is 9.10. The summed E-state index contributed by atoms with van der Waals surface area (Å²) in [6, 6.07) is 3.90. The molecule has 114 valence electrons. The van der Waals surface area contributed by atoms with Gasteiger partial charge >= 0.3 is 0 Å². The van der Waals surface area contributed by atoms with Gasteiger partial charge in [0.1, 0.15) is 0 Å². The fraction of sp³-hybridized carbons (Fsp3) is 0.533. The molecule has 0 saturated carbocycles. The van der Waals surface area contributed by atoms with Gasteiger partial charge in [-0.1, -0.05) is 43.6 Å². The average Bonchev–Trinajstić information content (AvgIpc) is 2.80. The number of hydrogen-bond donors (Lipinski definition) is 1. The standard InChI is InChI=1S/C15H22BrN5/c1-9(2)15(4,5)8-21-14(18-19-20-21)12-6-11(16)7-13(17)10(12)3/h6-7,9H,8,17H2,1-5H3. The van der Waals surface area contributed by atoms with Gasteiger partial charge in [0, 0.05) is 15.7 Å². The van der Waals surface area contributed by atoms with E-state index in [0.717, 1.165) is 33.7 Å². The second kappa shape index (κ2) is 5.75. The quantitative estimate of drug-likeness (QED) is 0.853. The van der Waals surface area contributed by atoms with Crippen LogP contribution in [0.15, 0.2) is 16.6 Å². The lowest BCUT2D eigenvalue weighted by Gasteiger charge is -2.29. The summed E-state index contributed by atoms with van der Waals surface area (Å²) in [7, 11) is 0. The van der Waals surface area contributed by atoms with Gasteiger partial charge in [0.15, 0.2) is 5.82 Å². The van der Waals surface area contributed by atoms with Crippen molar-refractivity contribution in [3.63, 3.8) is 0 Å². The molecule has 0 aliphatic rings. The van der Waals surface area contributed by atoms with E-state index in [0.29, 0.717) is 5.92 Å². The molecule has 2 N–H and O–H groups in total. The molecule has 0 aliphatic carbocycles. The Kier molecular flexibility index (Phi) is 4.37. The smallest absolute Gasteiger partial charge is 0.182 e. The number of anilines is 1. The van der Waals surface area contributed by atoms with Crippen LogP contribution in [0.1, 0.15) is 33.3 Å². The molecule has 0 bridgehead atoms. The predicted molar refractivity (Wildman–Crippen MR) is 88.7 cm³/mol. The number of tetrazole rings is 1. The van der Waals surface area contributed by atoms with E-state index in [1.165, 1.54) is 0 Å². The van der Waals surface area contributed by atoms with Crippen LogP contribution in [0.2, 0.25) is 0 Å². The zero-order valence-electron chi connectivity index (χ0n) is 13.2. The maximum atomic E-state index is 6.05. The first-order valence-corrected chi connectivity index (χ1v) is 7.84. The summed E-state index contributed by atoms with van der Waals surface area (Å²) in [4.78, 5) is 0. The molecule has 6 heteroatoms. The first kappa shape index (κ1) is 15.9. The van der Waals surface area contributed by atoms with Crippen molar-refractivity contribution in [2.75, 3.05) is 5.73 Å². The Bertz CT molecular complexity index is 646. The number of benzene rings is 1. The Balaban J connectivity index is 2.47. The van der Waals surface area contributed by atoms with Crippen molar-refractivity contribution in [3.05, 3.63) is 22.2 Å². The summed E-state index contributed by atoms with van der Waals surface area (Å²) < 4.78 is 2.80. The topological polar surface area (TPSA) is 69.6 Å². The van der Waals surface area contributed by atoms with Crippen molar-refractivity contribution in [3.8, 4) is 11.4 Å². The Morgan fingerprint density at radius 3 is 2.62 bits per heavy atom. The highest BCUT2D eigenvalue weighted by atomic mass is 79.9. The molecular formula is C15H22BrN5. The van der Waals surface area contributed by atoms with Crippen molar-refractivity contribution in [1.29, 1.82) is 0 Å². The largest absolute Gasteiger partial charge is 0.398 e. The summed E-state index contributed by atoms with van der Waals surface area (Å²) in [5.74, 6) is 1.29. The van der Waals surface area contributed by atoms with Crippen LogP contribution in [-0.4, -0.2) is 20.2 Å². The van der Waals surface area contributed by atoms with E-state index in [4.69, 9.17) is 5.73 Å². The summed E-state index contributed by atoms with van der Waals surface area (Å²) in [6.07, 6.45) is 0. The van der Waals surface area contributed by atoms with Crippen LogP contribution >= 0.6 is 15.9 Å². The van der Waals surface area contributed by atoms with Crippen LogP contribution in [0.25, 0.3) is 11.4 Å². The number of nitrogens with two attached hydrogens (primary N) is 1. The van der Waals surface area contributed by atoms with Gasteiger partial charge in [-0.25, -0.2) is 4.68 Å². The molecule has 1 heterocycles. The normalized spacial score (nSPS) is 12.1. The van der Waals surface area contributed by atoms with Gasteiger partial charge in [0.25, 0.3) is 0 Å². The van der Waals surface area contributed by atoms with Crippen LogP contribution < -0.4 is 5.73 Å². The first-order chi connectivity index (χ1) is 9.72. The molecule has 1 aromatic carbocycles. The summed E-state index contributed by atoms with van der Waals surface area (Å²) in [5.41, 5.74) is 8.85. The third kappa shape index (κ3) is 3.26. The van der Waals surface area contributed by atoms with E-state index >= 15 is 0 Å². The lowest BCUT2D eigenvalue weighted by atomic mass is 9.81. The molecule has 0 aliphatic heterocycles. The predicted octanol–water partition coefficient (Wildman–Crippen LogP) is 3.68. The number of aromatic nitrogens is 4. The minimum absolute atomic E-state index is 0.107. The maximum Gasteiger partial charge on any atom is 0.182 e. The highest BCUT2D eigenvalue weighted by Gasteiger charge is 2.26. The SMILES string of the molecule is Cc1c(N)cc(Br)cc1-c1nnnn1CC(C)(C)C(C)C. The molecule has 0 amide bonds. The minimum atomic E-state index is 0.107. The Morgan fingerprint density at radius 1 is 1.33 bits per heavy atom. The van der Waals surface area contributed by atoms with Crippen LogP contribution in [0.5, 0.6) is 0 Å². The fourth-order valence-electron chi connectivity index (χ4n) is 2.00.